The minimum Gasteiger partial charge on any atom is -0.492 e. The molecule has 1 aromatic rings. The Kier molecular flexibility index (Phi) is 5.23. The Bertz CT molecular complexity index is 379. The Morgan fingerprint density at radius 3 is 2.68 bits per heavy atom. The fourth-order valence-electron chi connectivity index (χ4n) is 2.59. The molecule has 1 aliphatic rings. The van der Waals surface area contributed by atoms with Gasteiger partial charge in [0.25, 0.3) is 0 Å². The Balaban J connectivity index is 1.73. The number of aryl methyl sites for hydroxylation is 2. The SMILES string of the molecule is Cc1cccc(C)c1OCCN(C)C[C@H]1CCOC1. The average Bonchev–Trinajstić information content (AvgIpc) is 2.85. The van der Waals surface area contributed by atoms with E-state index in [-0.39, 0.29) is 0 Å². The molecule has 0 amide bonds. The molecule has 0 radical (unpaired) electrons. The molecule has 1 atom stereocenters. The van der Waals surface area contributed by atoms with Crippen LogP contribution in [0.1, 0.15) is 17.5 Å². The summed E-state index contributed by atoms with van der Waals surface area (Å²) >= 11 is 0. The first-order valence-corrected chi connectivity index (χ1v) is 7.12. The molecule has 1 saturated heterocycles. The summed E-state index contributed by atoms with van der Waals surface area (Å²) < 4.78 is 11.3. The van der Waals surface area contributed by atoms with Gasteiger partial charge in [-0.15, -0.1) is 0 Å². The van der Waals surface area contributed by atoms with Crippen molar-refractivity contribution in [2.45, 2.75) is 20.3 Å². The summed E-state index contributed by atoms with van der Waals surface area (Å²) in [5.41, 5.74) is 2.43. The standard InChI is InChI=1S/C16H25NO2/c1-13-5-4-6-14(2)16(13)19-10-8-17(3)11-15-7-9-18-12-15/h4-6,15H,7-12H2,1-3H3/t15-/m1/s1. The molecule has 0 saturated carbocycles. The summed E-state index contributed by atoms with van der Waals surface area (Å²) in [6.45, 7) is 8.86. The third-order valence-corrected chi connectivity index (χ3v) is 3.72. The van der Waals surface area contributed by atoms with Gasteiger partial charge in [0, 0.05) is 19.7 Å². The van der Waals surface area contributed by atoms with E-state index in [9.17, 15) is 0 Å². The predicted octanol–water partition coefficient (Wildman–Crippen LogP) is 2.65. The Morgan fingerprint density at radius 2 is 2.05 bits per heavy atom. The summed E-state index contributed by atoms with van der Waals surface area (Å²) in [6, 6.07) is 6.27. The lowest BCUT2D eigenvalue weighted by molar-refractivity contribution is 0.167. The quantitative estimate of drug-likeness (QED) is 0.787. The number of para-hydroxylation sites is 1. The number of hydrogen-bond acceptors (Lipinski definition) is 3. The summed E-state index contributed by atoms with van der Waals surface area (Å²) in [5.74, 6) is 1.74. The predicted molar refractivity (Wildman–Crippen MR) is 77.8 cm³/mol. The summed E-state index contributed by atoms with van der Waals surface area (Å²) in [7, 11) is 2.16. The normalized spacial score (nSPS) is 19.1. The zero-order valence-electron chi connectivity index (χ0n) is 12.3. The first-order valence-electron chi connectivity index (χ1n) is 7.12. The molecule has 0 aromatic heterocycles. The van der Waals surface area contributed by atoms with E-state index in [1.54, 1.807) is 0 Å². The number of likely N-dealkylation sites (N-methyl/N-ethyl adjacent to an activating group) is 1. The maximum Gasteiger partial charge on any atom is 0.125 e. The largest absolute Gasteiger partial charge is 0.492 e. The molecule has 3 nitrogen and oxygen atoms in total. The van der Waals surface area contributed by atoms with Crippen LogP contribution in [0.2, 0.25) is 0 Å². The van der Waals surface area contributed by atoms with Gasteiger partial charge < -0.3 is 14.4 Å². The van der Waals surface area contributed by atoms with Crippen molar-refractivity contribution in [2.75, 3.05) is 40.0 Å². The van der Waals surface area contributed by atoms with Gasteiger partial charge in [0.1, 0.15) is 12.4 Å². The molecular weight excluding hydrogens is 238 g/mol. The van der Waals surface area contributed by atoms with Crippen LogP contribution in [0.3, 0.4) is 0 Å². The highest BCUT2D eigenvalue weighted by molar-refractivity contribution is 5.39. The van der Waals surface area contributed by atoms with Gasteiger partial charge in [-0.25, -0.2) is 0 Å². The van der Waals surface area contributed by atoms with Crippen LogP contribution in [0.4, 0.5) is 0 Å². The van der Waals surface area contributed by atoms with E-state index in [2.05, 4.69) is 44.0 Å². The van der Waals surface area contributed by atoms with Crippen LogP contribution >= 0.6 is 0 Å². The highest BCUT2D eigenvalue weighted by Gasteiger charge is 2.17. The van der Waals surface area contributed by atoms with Crippen molar-refractivity contribution in [3.63, 3.8) is 0 Å². The molecule has 0 bridgehead atoms. The minimum atomic E-state index is 0.699. The third-order valence-electron chi connectivity index (χ3n) is 3.72. The van der Waals surface area contributed by atoms with Crippen LogP contribution in [0, 0.1) is 19.8 Å². The fraction of sp³-hybridized carbons (Fsp3) is 0.625. The van der Waals surface area contributed by atoms with Crippen molar-refractivity contribution >= 4 is 0 Å². The van der Waals surface area contributed by atoms with Gasteiger partial charge in [-0.2, -0.15) is 0 Å². The summed E-state index contributed by atoms with van der Waals surface area (Å²) in [6.07, 6.45) is 1.20. The van der Waals surface area contributed by atoms with Crippen LogP contribution in [-0.2, 0) is 4.74 Å². The van der Waals surface area contributed by atoms with E-state index in [4.69, 9.17) is 9.47 Å². The highest BCUT2D eigenvalue weighted by atomic mass is 16.5. The van der Waals surface area contributed by atoms with E-state index in [0.717, 1.165) is 38.7 Å². The molecule has 0 aliphatic carbocycles. The maximum atomic E-state index is 5.93. The first kappa shape index (κ1) is 14.4. The van der Waals surface area contributed by atoms with Gasteiger partial charge in [0.2, 0.25) is 0 Å². The molecule has 1 heterocycles. The van der Waals surface area contributed by atoms with Crippen LogP contribution in [-0.4, -0.2) is 44.9 Å². The Morgan fingerprint density at radius 1 is 1.32 bits per heavy atom. The van der Waals surface area contributed by atoms with Crippen molar-refractivity contribution in [1.82, 2.24) is 4.90 Å². The Labute approximate surface area is 116 Å². The van der Waals surface area contributed by atoms with Crippen LogP contribution in [0.15, 0.2) is 18.2 Å². The van der Waals surface area contributed by atoms with Gasteiger partial charge in [-0.05, 0) is 44.4 Å². The van der Waals surface area contributed by atoms with Crippen molar-refractivity contribution in [3.8, 4) is 5.75 Å². The Hall–Kier alpha value is -1.06. The molecule has 1 fully saturated rings. The van der Waals surface area contributed by atoms with Crippen molar-refractivity contribution in [2.24, 2.45) is 5.92 Å². The van der Waals surface area contributed by atoms with Gasteiger partial charge in [0.05, 0.1) is 6.61 Å². The van der Waals surface area contributed by atoms with E-state index < -0.39 is 0 Å². The van der Waals surface area contributed by atoms with Crippen molar-refractivity contribution < 1.29 is 9.47 Å². The van der Waals surface area contributed by atoms with E-state index >= 15 is 0 Å². The van der Waals surface area contributed by atoms with E-state index in [0.29, 0.717) is 5.92 Å². The third kappa shape index (κ3) is 4.22. The monoisotopic (exact) mass is 263 g/mol. The van der Waals surface area contributed by atoms with E-state index in [1.165, 1.54) is 17.5 Å². The average molecular weight is 263 g/mol. The maximum absolute atomic E-state index is 5.93. The summed E-state index contributed by atoms with van der Waals surface area (Å²) in [5, 5.41) is 0. The smallest absolute Gasteiger partial charge is 0.125 e. The lowest BCUT2D eigenvalue weighted by Crippen LogP contribution is -2.30. The van der Waals surface area contributed by atoms with E-state index in [1.807, 2.05) is 0 Å². The van der Waals surface area contributed by atoms with Crippen LogP contribution in [0.5, 0.6) is 5.75 Å². The van der Waals surface area contributed by atoms with Gasteiger partial charge in [-0.1, -0.05) is 18.2 Å². The van der Waals surface area contributed by atoms with Crippen LogP contribution < -0.4 is 4.74 Å². The second-order valence-electron chi connectivity index (χ2n) is 5.56. The zero-order chi connectivity index (χ0) is 13.7. The number of ether oxygens (including phenoxy) is 2. The molecule has 1 aliphatic heterocycles. The molecule has 19 heavy (non-hydrogen) atoms. The zero-order valence-corrected chi connectivity index (χ0v) is 12.3. The number of benzene rings is 1. The molecule has 3 heteroatoms. The minimum absolute atomic E-state index is 0.699. The second-order valence-corrected chi connectivity index (χ2v) is 5.56. The molecule has 2 rings (SSSR count). The molecule has 0 unspecified atom stereocenters. The number of rotatable bonds is 6. The molecule has 0 spiro atoms. The van der Waals surface area contributed by atoms with Crippen molar-refractivity contribution in [1.29, 1.82) is 0 Å². The number of nitrogens with zero attached hydrogens (tertiary/aromatic N) is 1. The lowest BCUT2D eigenvalue weighted by Gasteiger charge is -2.20. The molecule has 0 N–H and O–H groups in total. The van der Waals surface area contributed by atoms with Crippen LogP contribution in [0.25, 0.3) is 0 Å². The van der Waals surface area contributed by atoms with Gasteiger partial charge in [0.15, 0.2) is 0 Å². The molecule has 106 valence electrons. The topological polar surface area (TPSA) is 21.7 Å². The van der Waals surface area contributed by atoms with Crippen molar-refractivity contribution in [3.05, 3.63) is 29.3 Å². The molecule has 1 aromatic carbocycles. The fourth-order valence-corrected chi connectivity index (χ4v) is 2.59. The molecular formula is C16H25NO2. The highest BCUT2D eigenvalue weighted by Crippen LogP contribution is 2.22. The summed E-state index contributed by atoms with van der Waals surface area (Å²) in [4.78, 5) is 2.34. The first-order chi connectivity index (χ1) is 9.16. The lowest BCUT2D eigenvalue weighted by atomic mass is 10.1. The van der Waals surface area contributed by atoms with Gasteiger partial charge >= 0.3 is 0 Å². The number of hydrogen-bond donors (Lipinski definition) is 0. The second kappa shape index (κ2) is 6.92. The van der Waals surface area contributed by atoms with Gasteiger partial charge in [-0.3, -0.25) is 0 Å².